The summed E-state index contributed by atoms with van der Waals surface area (Å²) in [4.78, 5) is 16.6. The Morgan fingerprint density at radius 3 is 2.62 bits per heavy atom. The summed E-state index contributed by atoms with van der Waals surface area (Å²) in [7, 11) is 1.61. The number of nitrogens with one attached hydrogen (secondary N) is 1. The van der Waals surface area contributed by atoms with Gasteiger partial charge in [-0.15, -0.1) is 11.3 Å². The predicted molar refractivity (Wildman–Crippen MR) is 99.9 cm³/mol. The van der Waals surface area contributed by atoms with E-state index in [1.165, 1.54) is 11.8 Å². The Balaban J connectivity index is 1.53. The standard InChI is InChI=1S/C18H16N2O2S2/c1-22-15-9-7-14(8-10-15)19-17(21)12-24-18-20-16(11-23-18)13-5-3-2-4-6-13/h2-11H,12H2,1H3,(H,19,21). The minimum absolute atomic E-state index is 0.0540. The van der Waals surface area contributed by atoms with Crippen molar-refractivity contribution in [2.75, 3.05) is 18.2 Å². The number of hydrogen-bond acceptors (Lipinski definition) is 5. The van der Waals surface area contributed by atoms with E-state index in [9.17, 15) is 4.79 Å². The van der Waals surface area contributed by atoms with Gasteiger partial charge in [-0.2, -0.15) is 0 Å². The zero-order chi connectivity index (χ0) is 16.8. The van der Waals surface area contributed by atoms with Crippen LogP contribution in [0.25, 0.3) is 11.3 Å². The SMILES string of the molecule is COc1ccc(NC(=O)CSc2nc(-c3ccccc3)cs2)cc1. The molecule has 3 rings (SSSR count). The number of hydrogen-bond donors (Lipinski definition) is 1. The number of thioether (sulfide) groups is 1. The minimum Gasteiger partial charge on any atom is -0.497 e. The summed E-state index contributed by atoms with van der Waals surface area (Å²) in [5.41, 5.74) is 2.78. The van der Waals surface area contributed by atoms with Gasteiger partial charge in [0.15, 0.2) is 4.34 Å². The van der Waals surface area contributed by atoms with E-state index in [1.54, 1.807) is 18.4 Å². The number of methoxy groups -OCH3 is 1. The van der Waals surface area contributed by atoms with Gasteiger partial charge in [-0.05, 0) is 24.3 Å². The highest BCUT2D eigenvalue weighted by Gasteiger charge is 2.08. The summed E-state index contributed by atoms with van der Waals surface area (Å²) in [6.07, 6.45) is 0. The maximum absolute atomic E-state index is 12.0. The molecule has 0 unspecified atom stereocenters. The van der Waals surface area contributed by atoms with E-state index in [-0.39, 0.29) is 5.91 Å². The third kappa shape index (κ3) is 4.37. The van der Waals surface area contributed by atoms with E-state index in [1.807, 2.05) is 60.0 Å². The lowest BCUT2D eigenvalue weighted by molar-refractivity contribution is -0.113. The molecule has 2 aromatic carbocycles. The third-order valence-electron chi connectivity index (χ3n) is 3.25. The summed E-state index contributed by atoms with van der Waals surface area (Å²) in [6.45, 7) is 0. The minimum atomic E-state index is -0.0540. The first-order chi connectivity index (χ1) is 11.7. The fourth-order valence-corrected chi connectivity index (χ4v) is 3.70. The predicted octanol–water partition coefficient (Wildman–Crippen LogP) is 4.55. The van der Waals surface area contributed by atoms with E-state index >= 15 is 0 Å². The molecule has 1 heterocycles. The van der Waals surface area contributed by atoms with Crippen molar-refractivity contribution < 1.29 is 9.53 Å². The first-order valence-corrected chi connectivity index (χ1v) is 9.19. The molecule has 6 heteroatoms. The normalized spacial score (nSPS) is 10.4. The van der Waals surface area contributed by atoms with Crippen LogP contribution >= 0.6 is 23.1 Å². The lowest BCUT2D eigenvalue weighted by Gasteiger charge is -2.05. The van der Waals surface area contributed by atoms with Crippen molar-refractivity contribution in [3.8, 4) is 17.0 Å². The third-order valence-corrected chi connectivity index (χ3v) is 5.27. The molecule has 0 bridgehead atoms. The maximum atomic E-state index is 12.0. The van der Waals surface area contributed by atoms with Crippen molar-refractivity contribution in [3.05, 3.63) is 60.0 Å². The lowest BCUT2D eigenvalue weighted by Crippen LogP contribution is -2.13. The zero-order valence-electron chi connectivity index (χ0n) is 13.1. The van der Waals surface area contributed by atoms with Crippen molar-refractivity contribution in [3.63, 3.8) is 0 Å². The number of anilines is 1. The molecule has 0 aliphatic rings. The van der Waals surface area contributed by atoms with Crippen LogP contribution in [0.15, 0.2) is 64.3 Å². The van der Waals surface area contributed by atoms with Gasteiger partial charge in [0.1, 0.15) is 5.75 Å². The summed E-state index contributed by atoms with van der Waals surface area (Å²) in [5.74, 6) is 1.04. The van der Waals surface area contributed by atoms with Crippen LogP contribution in [0.1, 0.15) is 0 Å². The first kappa shape index (κ1) is 16.5. The maximum Gasteiger partial charge on any atom is 0.234 e. The lowest BCUT2D eigenvalue weighted by atomic mass is 10.2. The Hall–Kier alpha value is -2.31. The molecule has 1 amide bonds. The van der Waals surface area contributed by atoms with Gasteiger partial charge in [0.05, 0.1) is 18.6 Å². The fourth-order valence-electron chi connectivity index (χ4n) is 2.06. The second kappa shape index (κ2) is 7.99. The molecule has 24 heavy (non-hydrogen) atoms. The van der Waals surface area contributed by atoms with E-state index < -0.39 is 0 Å². The number of rotatable bonds is 6. The largest absolute Gasteiger partial charge is 0.497 e. The number of thiazole rings is 1. The number of carbonyl (C=O) groups is 1. The van der Waals surface area contributed by atoms with Crippen molar-refractivity contribution in [2.45, 2.75) is 4.34 Å². The summed E-state index contributed by atoms with van der Waals surface area (Å²) < 4.78 is 5.98. The number of nitrogens with zero attached hydrogens (tertiary/aromatic N) is 1. The average Bonchev–Trinajstić information content (AvgIpc) is 3.10. The van der Waals surface area contributed by atoms with Crippen LogP contribution in [0, 0.1) is 0 Å². The highest BCUT2D eigenvalue weighted by atomic mass is 32.2. The van der Waals surface area contributed by atoms with Gasteiger partial charge >= 0.3 is 0 Å². The first-order valence-electron chi connectivity index (χ1n) is 7.32. The molecule has 1 N–H and O–H groups in total. The summed E-state index contributed by atoms with van der Waals surface area (Å²) >= 11 is 2.99. The topological polar surface area (TPSA) is 51.2 Å². The van der Waals surface area contributed by atoms with Crippen molar-refractivity contribution >= 4 is 34.7 Å². The van der Waals surface area contributed by atoms with Crippen LogP contribution in [0.3, 0.4) is 0 Å². The quantitative estimate of drug-likeness (QED) is 0.658. The number of aromatic nitrogens is 1. The van der Waals surface area contributed by atoms with Crippen LogP contribution in [-0.2, 0) is 4.79 Å². The summed E-state index contributed by atoms with van der Waals surface area (Å²) in [5, 5.41) is 4.88. The molecule has 0 aliphatic carbocycles. The smallest absolute Gasteiger partial charge is 0.234 e. The van der Waals surface area contributed by atoms with Crippen LogP contribution in [0.4, 0.5) is 5.69 Å². The number of amides is 1. The molecule has 1 aromatic heterocycles. The molecule has 0 radical (unpaired) electrons. The van der Waals surface area contributed by atoms with Crippen LogP contribution in [0.5, 0.6) is 5.75 Å². The Morgan fingerprint density at radius 2 is 1.92 bits per heavy atom. The summed E-state index contributed by atoms with van der Waals surface area (Å²) in [6, 6.07) is 17.3. The number of benzene rings is 2. The van der Waals surface area contributed by atoms with Gasteiger partial charge < -0.3 is 10.1 Å². The Morgan fingerprint density at radius 1 is 1.17 bits per heavy atom. The number of ether oxygens (including phenoxy) is 1. The second-order valence-electron chi connectivity index (χ2n) is 4.93. The molecule has 122 valence electrons. The van der Waals surface area contributed by atoms with Gasteiger partial charge in [-0.1, -0.05) is 42.1 Å². The van der Waals surface area contributed by atoms with Crippen LogP contribution < -0.4 is 10.1 Å². The molecule has 0 spiro atoms. The van der Waals surface area contributed by atoms with Gasteiger partial charge in [-0.25, -0.2) is 4.98 Å². The zero-order valence-corrected chi connectivity index (χ0v) is 14.7. The Bertz CT molecular complexity index is 801. The Kier molecular flexibility index (Phi) is 5.51. The van der Waals surface area contributed by atoms with E-state index in [4.69, 9.17) is 4.74 Å². The van der Waals surface area contributed by atoms with Gasteiger partial charge in [0.25, 0.3) is 0 Å². The Labute approximate surface area is 148 Å². The molecule has 0 saturated carbocycles. The van der Waals surface area contributed by atoms with E-state index in [2.05, 4.69) is 10.3 Å². The van der Waals surface area contributed by atoms with E-state index in [0.29, 0.717) is 5.75 Å². The second-order valence-corrected chi connectivity index (χ2v) is 7.01. The highest BCUT2D eigenvalue weighted by Crippen LogP contribution is 2.28. The molecule has 4 nitrogen and oxygen atoms in total. The molecule has 0 aliphatic heterocycles. The molecule has 0 saturated heterocycles. The van der Waals surface area contributed by atoms with Crippen LogP contribution in [-0.4, -0.2) is 23.8 Å². The molecular formula is C18H16N2O2S2. The van der Waals surface area contributed by atoms with Crippen molar-refractivity contribution in [2.24, 2.45) is 0 Å². The monoisotopic (exact) mass is 356 g/mol. The number of carbonyl (C=O) groups excluding carboxylic acids is 1. The van der Waals surface area contributed by atoms with E-state index in [0.717, 1.165) is 27.0 Å². The van der Waals surface area contributed by atoms with Gasteiger partial charge in [0, 0.05) is 16.6 Å². The highest BCUT2D eigenvalue weighted by molar-refractivity contribution is 8.01. The average molecular weight is 356 g/mol. The van der Waals surface area contributed by atoms with Gasteiger partial charge in [0.2, 0.25) is 5.91 Å². The molecular weight excluding hydrogens is 340 g/mol. The molecule has 0 atom stereocenters. The fraction of sp³-hybridized carbons (Fsp3) is 0.111. The van der Waals surface area contributed by atoms with Crippen molar-refractivity contribution in [1.29, 1.82) is 0 Å². The van der Waals surface area contributed by atoms with Crippen LogP contribution in [0.2, 0.25) is 0 Å². The van der Waals surface area contributed by atoms with Crippen molar-refractivity contribution in [1.82, 2.24) is 4.98 Å². The molecule has 3 aromatic rings. The molecule has 0 fully saturated rings. The van der Waals surface area contributed by atoms with Gasteiger partial charge in [-0.3, -0.25) is 4.79 Å².